The van der Waals surface area contributed by atoms with E-state index in [1.165, 1.54) is 20.3 Å². The molecule has 3 rings (SSSR count). The number of benzene rings is 1. The summed E-state index contributed by atoms with van der Waals surface area (Å²) in [4.78, 5) is 0.223. The fourth-order valence-electron chi connectivity index (χ4n) is 3.26. The predicted octanol–water partition coefficient (Wildman–Crippen LogP) is 2.57. The first-order valence-electron chi connectivity index (χ1n) is 7.84. The molecule has 0 spiro atoms. The minimum absolute atomic E-state index is 0.136. The summed E-state index contributed by atoms with van der Waals surface area (Å²) in [6, 6.07) is 8.50. The first kappa shape index (κ1) is 16.9. The molecule has 6 nitrogen and oxygen atoms in total. The van der Waals surface area contributed by atoms with Crippen molar-refractivity contribution < 1.29 is 17.9 Å². The van der Waals surface area contributed by atoms with E-state index >= 15 is 0 Å². The number of nitrogens with zero attached hydrogens (tertiary/aromatic N) is 2. The van der Waals surface area contributed by atoms with Gasteiger partial charge in [0.25, 0.3) is 0 Å². The Balaban J connectivity index is 1.99. The molecule has 24 heavy (non-hydrogen) atoms. The Bertz CT molecular complexity index is 829. The first-order chi connectivity index (χ1) is 11.5. The van der Waals surface area contributed by atoms with Gasteiger partial charge in [-0.05, 0) is 37.1 Å². The highest BCUT2D eigenvalue weighted by atomic mass is 32.2. The molecule has 1 aromatic heterocycles. The van der Waals surface area contributed by atoms with Crippen molar-refractivity contribution >= 4 is 10.0 Å². The maximum atomic E-state index is 13.1. The van der Waals surface area contributed by atoms with Crippen molar-refractivity contribution in [2.24, 2.45) is 7.05 Å². The van der Waals surface area contributed by atoms with E-state index in [2.05, 4.69) is 0 Å². The van der Waals surface area contributed by atoms with Crippen molar-refractivity contribution in [2.45, 2.75) is 23.8 Å². The minimum Gasteiger partial charge on any atom is -0.493 e. The molecule has 0 saturated carbocycles. The lowest BCUT2D eigenvalue weighted by atomic mass is 10.1. The molecule has 1 saturated heterocycles. The lowest BCUT2D eigenvalue weighted by Crippen LogP contribution is -2.31. The second-order valence-electron chi connectivity index (χ2n) is 5.83. The van der Waals surface area contributed by atoms with Crippen LogP contribution in [0.3, 0.4) is 0 Å². The van der Waals surface area contributed by atoms with Gasteiger partial charge in [0.15, 0.2) is 11.5 Å². The van der Waals surface area contributed by atoms with Gasteiger partial charge >= 0.3 is 0 Å². The van der Waals surface area contributed by atoms with E-state index in [4.69, 9.17) is 9.47 Å². The molecule has 0 amide bonds. The summed E-state index contributed by atoms with van der Waals surface area (Å²) >= 11 is 0. The first-order valence-corrected chi connectivity index (χ1v) is 9.28. The van der Waals surface area contributed by atoms with E-state index in [-0.39, 0.29) is 10.9 Å². The maximum absolute atomic E-state index is 13.1. The van der Waals surface area contributed by atoms with Crippen LogP contribution in [0.25, 0.3) is 0 Å². The number of ether oxygens (including phenoxy) is 2. The molecule has 0 bridgehead atoms. The minimum atomic E-state index is -3.60. The SMILES string of the molecule is COc1ccc(S(=O)(=O)N2CCCC2c2cccn2C)cc1OC. The van der Waals surface area contributed by atoms with Crippen molar-refractivity contribution in [3.05, 3.63) is 42.2 Å². The average Bonchev–Trinajstić information content (AvgIpc) is 3.22. The molecule has 1 aliphatic rings. The summed E-state index contributed by atoms with van der Waals surface area (Å²) in [7, 11) is 1.36. The molecule has 130 valence electrons. The summed E-state index contributed by atoms with van der Waals surface area (Å²) in [6.45, 7) is 0.520. The van der Waals surface area contributed by atoms with Crippen LogP contribution in [0.15, 0.2) is 41.4 Å². The van der Waals surface area contributed by atoms with Gasteiger partial charge in [0.1, 0.15) is 0 Å². The zero-order valence-corrected chi connectivity index (χ0v) is 14.9. The molecule has 0 N–H and O–H groups in total. The van der Waals surface area contributed by atoms with Gasteiger partial charge in [0, 0.05) is 31.5 Å². The quantitative estimate of drug-likeness (QED) is 0.831. The molecule has 1 aliphatic heterocycles. The van der Waals surface area contributed by atoms with Crippen molar-refractivity contribution in [3.63, 3.8) is 0 Å². The third-order valence-electron chi connectivity index (χ3n) is 4.49. The van der Waals surface area contributed by atoms with Crippen LogP contribution in [0.4, 0.5) is 0 Å². The lowest BCUT2D eigenvalue weighted by Gasteiger charge is -2.25. The van der Waals surface area contributed by atoms with Gasteiger partial charge in [-0.1, -0.05) is 0 Å². The van der Waals surface area contributed by atoms with Crippen LogP contribution in [-0.4, -0.2) is 38.1 Å². The van der Waals surface area contributed by atoms with E-state index in [1.807, 2.05) is 29.9 Å². The monoisotopic (exact) mass is 350 g/mol. The summed E-state index contributed by atoms with van der Waals surface area (Å²) < 4.78 is 40.3. The Kier molecular flexibility index (Phi) is 4.56. The van der Waals surface area contributed by atoms with Crippen LogP contribution in [0, 0.1) is 0 Å². The number of methoxy groups -OCH3 is 2. The predicted molar refractivity (Wildman–Crippen MR) is 90.8 cm³/mol. The van der Waals surface area contributed by atoms with Crippen LogP contribution in [0.5, 0.6) is 11.5 Å². The molecule has 1 unspecified atom stereocenters. The molecule has 1 fully saturated rings. The molecule has 1 atom stereocenters. The maximum Gasteiger partial charge on any atom is 0.243 e. The second kappa shape index (κ2) is 6.49. The van der Waals surface area contributed by atoms with E-state index in [0.29, 0.717) is 18.0 Å². The topological polar surface area (TPSA) is 60.8 Å². The smallest absolute Gasteiger partial charge is 0.243 e. The van der Waals surface area contributed by atoms with Crippen LogP contribution in [-0.2, 0) is 17.1 Å². The van der Waals surface area contributed by atoms with Crippen LogP contribution < -0.4 is 9.47 Å². The fraction of sp³-hybridized carbons (Fsp3) is 0.412. The zero-order valence-electron chi connectivity index (χ0n) is 14.1. The van der Waals surface area contributed by atoms with E-state index < -0.39 is 10.0 Å². The standard InChI is InChI=1S/C17H22N2O4S/c1-18-10-4-6-14(18)15-7-5-11-19(15)24(20,21)13-8-9-16(22-2)17(12-13)23-3/h4,6,8-10,12,15H,5,7,11H2,1-3H3. The molecule has 7 heteroatoms. The molecule has 1 aromatic carbocycles. The highest BCUT2D eigenvalue weighted by Gasteiger charge is 2.37. The zero-order chi connectivity index (χ0) is 17.3. The molecule has 2 heterocycles. The Morgan fingerprint density at radius 3 is 2.50 bits per heavy atom. The van der Waals surface area contributed by atoms with Crippen molar-refractivity contribution in [1.82, 2.24) is 8.87 Å². The average molecular weight is 350 g/mol. The number of hydrogen-bond donors (Lipinski definition) is 0. The highest BCUT2D eigenvalue weighted by molar-refractivity contribution is 7.89. The van der Waals surface area contributed by atoms with Gasteiger partial charge in [-0.25, -0.2) is 8.42 Å². The van der Waals surface area contributed by atoms with E-state index in [1.54, 1.807) is 16.4 Å². The van der Waals surface area contributed by atoms with Crippen molar-refractivity contribution in [3.8, 4) is 11.5 Å². The molecular weight excluding hydrogens is 328 g/mol. The molecule has 0 aliphatic carbocycles. The second-order valence-corrected chi connectivity index (χ2v) is 7.73. The largest absolute Gasteiger partial charge is 0.493 e. The number of sulfonamides is 1. The van der Waals surface area contributed by atoms with Crippen LogP contribution in [0.1, 0.15) is 24.6 Å². The lowest BCUT2D eigenvalue weighted by molar-refractivity contribution is 0.353. The third kappa shape index (κ3) is 2.78. The van der Waals surface area contributed by atoms with E-state index in [0.717, 1.165) is 18.5 Å². The number of rotatable bonds is 5. The molecule has 0 radical (unpaired) electrons. The highest BCUT2D eigenvalue weighted by Crippen LogP contribution is 2.38. The van der Waals surface area contributed by atoms with E-state index in [9.17, 15) is 8.42 Å². The van der Waals surface area contributed by atoms with Gasteiger partial charge < -0.3 is 14.0 Å². The van der Waals surface area contributed by atoms with Gasteiger partial charge in [-0.2, -0.15) is 4.31 Å². The van der Waals surface area contributed by atoms with Gasteiger partial charge in [0.2, 0.25) is 10.0 Å². The van der Waals surface area contributed by atoms with Crippen molar-refractivity contribution in [1.29, 1.82) is 0 Å². The third-order valence-corrected chi connectivity index (χ3v) is 6.39. The van der Waals surface area contributed by atoms with Gasteiger partial charge in [0.05, 0.1) is 25.2 Å². The number of hydrogen-bond acceptors (Lipinski definition) is 4. The normalized spacial score (nSPS) is 18.7. The molecular formula is C17H22N2O4S. The Labute approximate surface area is 142 Å². The van der Waals surface area contributed by atoms with Gasteiger partial charge in [-0.15, -0.1) is 0 Å². The fourth-order valence-corrected chi connectivity index (χ4v) is 4.94. The summed E-state index contributed by atoms with van der Waals surface area (Å²) in [5.74, 6) is 0.921. The Morgan fingerprint density at radius 1 is 1.12 bits per heavy atom. The van der Waals surface area contributed by atoms with Crippen molar-refractivity contribution in [2.75, 3.05) is 20.8 Å². The van der Waals surface area contributed by atoms with Crippen LogP contribution in [0.2, 0.25) is 0 Å². The van der Waals surface area contributed by atoms with Crippen LogP contribution >= 0.6 is 0 Å². The number of aryl methyl sites for hydroxylation is 1. The Hall–Kier alpha value is -1.99. The Morgan fingerprint density at radius 2 is 1.88 bits per heavy atom. The molecule has 2 aromatic rings. The van der Waals surface area contributed by atoms with Gasteiger partial charge in [-0.3, -0.25) is 0 Å². The summed E-state index contributed by atoms with van der Waals surface area (Å²) in [6.07, 6.45) is 3.61. The number of aromatic nitrogens is 1. The summed E-state index contributed by atoms with van der Waals surface area (Å²) in [5.41, 5.74) is 1.01. The summed E-state index contributed by atoms with van der Waals surface area (Å²) in [5, 5.41) is 0.